The van der Waals surface area contributed by atoms with E-state index in [1.807, 2.05) is 0 Å². The smallest absolute Gasteiger partial charge is 0.104 e. The van der Waals surface area contributed by atoms with Crippen LogP contribution in [0.4, 0.5) is 0 Å². The van der Waals surface area contributed by atoms with E-state index in [0.29, 0.717) is 0 Å². The van der Waals surface area contributed by atoms with Gasteiger partial charge in [0.25, 0.3) is 0 Å². The molecule has 448 valence electrons. The standard InChI is InChI=1S/C33H68O20.16CH4/c34-1-9-42-17-29(50-13-5-38)21-46-25-33(26-47-22-30(51-14-6-39)18-43-10-2-35,27-48-23-31(52-15-7-40)19-44-11-3-36)28-49-24-32(53-16-8-41)20-45-12-4-37;;;;;;;;;;;;;;;;/h29-32,34-41H,1-28H2;16*1H4. The van der Waals surface area contributed by atoms with Gasteiger partial charge in [0.05, 0.1) is 190 Å². The highest BCUT2D eigenvalue weighted by Gasteiger charge is 2.34. The van der Waals surface area contributed by atoms with Gasteiger partial charge in [-0.1, -0.05) is 119 Å². The zero-order valence-corrected chi connectivity index (χ0v) is 31.1. The molecule has 0 aromatic heterocycles. The summed E-state index contributed by atoms with van der Waals surface area (Å²) in [5, 5.41) is 73.7. The van der Waals surface area contributed by atoms with Gasteiger partial charge in [-0.05, 0) is 0 Å². The van der Waals surface area contributed by atoms with Crippen LogP contribution in [0.5, 0.6) is 0 Å². The first-order chi connectivity index (χ1) is 26.0. The highest BCUT2D eigenvalue weighted by molar-refractivity contribution is 4.81. The average Bonchev–Trinajstić information content (AvgIpc) is 3.16. The molecule has 0 heterocycles. The van der Waals surface area contributed by atoms with Gasteiger partial charge in [-0.3, -0.25) is 0 Å². The van der Waals surface area contributed by atoms with E-state index in [9.17, 15) is 20.4 Å². The van der Waals surface area contributed by atoms with Crippen molar-refractivity contribution in [2.45, 2.75) is 143 Å². The van der Waals surface area contributed by atoms with Gasteiger partial charge in [0, 0.05) is 0 Å². The molecule has 0 radical (unpaired) electrons. The molecule has 0 spiro atoms. The van der Waals surface area contributed by atoms with E-state index in [1.54, 1.807) is 0 Å². The molecule has 4 atom stereocenters. The third-order valence-electron chi connectivity index (χ3n) is 6.78. The van der Waals surface area contributed by atoms with Crippen LogP contribution in [0.15, 0.2) is 0 Å². The van der Waals surface area contributed by atoms with E-state index in [4.69, 9.17) is 77.3 Å². The molecule has 20 heteroatoms. The first kappa shape index (κ1) is 117. The minimum absolute atomic E-state index is 0. The molecular formula is C49H132O20. The van der Waals surface area contributed by atoms with Gasteiger partial charge in [0.1, 0.15) is 24.4 Å². The molecule has 0 rings (SSSR count). The lowest BCUT2D eigenvalue weighted by atomic mass is 9.92. The summed E-state index contributed by atoms with van der Waals surface area (Å²) in [6, 6.07) is 0. The summed E-state index contributed by atoms with van der Waals surface area (Å²) in [7, 11) is 0. The Morgan fingerprint density at radius 3 is 0.507 bits per heavy atom. The van der Waals surface area contributed by atoms with E-state index >= 15 is 0 Å². The van der Waals surface area contributed by atoms with Crippen molar-refractivity contribution < 1.29 is 97.7 Å². The zero-order chi connectivity index (χ0) is 39.1. The molecule has 0 aromatic rings. The largest absolute Gasteiger partial charge is 0.394 e. The molecule has 0 aliphatic heterocycles. The van der Waals surface area contributed by atoms with E-state index in [1.165, 1.54) is 0 Å². The molecular weight excluding hydrogens is 909 g/mol. The van der Waals surface area contributed by atoms with E-state index in [2.05, 4.69) is 0 Å². The van der Waals surface area contributed by atoms with Crippen LogP contribution in [0.25, 0.3) is 0 Å². The van der Waals surface area contributed by atoms with Crippen molar-refractivity contribution in [3.8, 4) is 0 Å². The first-order valence-corrected chi connectivity index (χ1v) is 17.9. The van der Waals surface area contributed by atoms with E-state index in [0.717, 1.165) is 0 Å². The molecule has 0 bridgehead atoms. The minimum atomic E-state index is -1.03. The summed E-state index contributed by atoms with van der Waals surface area (Å²) >= 11 is 0. The highest BCUT2D eigenvalue weighted by Crippen LogP contribution is 2.22. The topological polar surface area (TPSA) is 273 Å². The molecule has 20 nitrogen and oxygen atoms in total. The van der Waals surface area contributed by atoms with Crippen molar-refractivity contribution in [3.05, 3.63) is 0 Å². The Labute approximate surface area is 430 Å². The third-order valence-corrected chi connectivity index (χ3v) is 6.78. The SMILES string of the molecule is C.C.C.C.C.C.C.C.C.C.C.C.C.C.C.C.OCCOCC(COCC(COCC(COCCO)OCCO)(COCC(COCCO)OCCO)COCC(COCCO)OCCO)OCCO. The maximum atomic E-state index is 9.30. The van der Waals surface area contributed by atoms with Gasteiger partial charge in [0.2, 0.25) is 0 Å². The lowest BCUT2D eigenvalue weighted by molar-refractivity contribution is -0.154. The number of aliphatic hydroxyl groups is 8. The number of rotatable bonds is 44. The lowest BCUT2D eigenvalue weighted by Crippen LogP contribution is -2.45. The summed E-state index contributed by atoms with van der Waals surface area (Å²) in [5.41, 5.74) is -1.03. The normalized spacial score (nSPS) is 11.8. The van der Waals surface area contributed by atoms with Crippen LogP contribution in [0.2, 0.25) is 0 Å². The molecule has 8 N–H and O–H groups in total. The molecule has 0 fully saturated rings. The Bertz CT molecular complexity index is 620. The molecule has 0 aromatic carbocycles. The number of aliphatic hydroxyl groups excluding tert-OH is 8. The summed E-state index contributed by atoms with van der Waals surface area (Å²) in [6.07, 6.45) is -2.36. The van der Waals surface area contributed by atoms with Crippen molar-refractivity contribution in [1.82, 2.24) is 0 Å². The van der Waals surface area contributed by atoms with E-state index in [-0.39, 0.29) is 304 Å². The summed E-state index contributed by atoms with van der Waals surface area (Å²) in [6.45, 7) is -0.727. The molecule has 0 amide bonds. The number of hydrogen-bond donors (Lipinski definition) is 8. The van der Waals surface area contributed by atoms with Crippen LogP contribution in [0.3, 0.4) is 0 Å². The first-order valence-electron chi connectivity index (χ1n) is 17.9. The quantitative estimate of drug-likeness (QED) is 0.0337. The maximum absolute atomic E-state index is 9.30. The van der Waals surface area contributed by atoms with Gasteiger partial charge < -0.3 is 97.7 Å². The Morgan fingerprint density at radius 2 is 0.362 bits per heavy atom. The minimum Gasteiger partial charge on any atom is -0.394 e. The van der Waals surface area contributed by atoms with Crippen molar-refractivity contribution in [3.63, 3.8) is 0 Å². The predicted octanol–water partition coefficient (Wildman–Crippen LogP) is 5.76. The van der Waals surface area contributed by atoms with Crippen molar-refractivity contribution in [1.29, 1.82) is 0 Å². The molecule has 4 unspecified atom stereocenters. The molecule has 69 heavy (non-hydrogen) atoms. The van der Waals surface area contributed by atoms with Gasteiger partial charge in [-0.2, -0.15) is 0 Å². The summed E-state index contributed by atoms with van der Waals surface area (Å²) < 4.78 is 69.0. The van der Waals surface area contributed by atoms with Crippen LogP contribution in [0, 0.1) is 5.41 Å². The fourth-order valence-corrected chi connectivity index (χ4v) is 4.45. The predicted molar refractivity (Wildman–Crippen MR) is 292 cm³/mol. The Kier molecular flexibility index (Phi) is 153. The second kappa shape index (κ2) is 90.0. The highest BCUT2D eigenvalue weighted by atomic mass is 16.6. The Morgan fingerprint density at radius 1 is 0.217 bits per heavy atom. The van der Waals surface area contributed by atoms with Crippen molar-refractivity contribution in [2.75, 3.05) is 185 Å². The monoisotopic (exact) mass is 1040 g/mol. The second-order valence-electron chi connectivity index (χ2n) is 11.6. The van der Waals surface area contributed by atoms with E-state index < -0.39 is 29.8 Å². The van der Waals surface area contributed by atoms with Crippen LogP contribution in [-0.2, 0) is 56.8 Å². The second-order valence-corrected chi connectivity index (χ2v) is 11.6. The van der Waals surface area contributed by atoms with Crippen LogP contribution in [-0.4, -0.2) is 250 Å². The summed E-state index contributed by atoms with van der Waals surface area (Å²) in [5.74, 6) is 0. The maximum Gasteiger partial charge on any atom is 0.104 e. The van der Waals surface area contributed by atoms with Gasteiger partial charge >= 0.3 is 0 Å². The number of hydrogen-bond acceptors (Lipinski definition) is 20. The fraction of sp³-hybridized carbons (Fsp3) is 1.00. The van der Waals surface area contributed by atoms with Crippen LogP contribution in [0.1, 0.15) is 119 Å². The van der Waals surface area contributed by atoms with Gasteiger partial charge in [-0.25, -0.2) is 0 Å². The zero-order valence-electron chi connectivity index (χ0n) is 31.1. The average molecular weight is 1040 g/mol. The molecule has 0 aliphatic carbocycles. The van der Waals surface area contributed by atoms with Crippen molar-refractivity contribution in [2.24, 2.45) is 5.41 Å². The van der Waals surface area contributed by atoms with Gasteiger partial charge in [-0.15, -0.1) is 0 Å². The Hall–Kier alpha value is -0.800. The molecule has 0 saturated heterocycles. The Balaban J connectivity index is -0.000000113. The molecule has 0 aliphatic rings. The van der Waals surface area contributed by atoms with Crippen LogP contribution >= 0.6 is 0 Å². The van der Waals surface area contributed by atoms with Gasteiger partial charge in [0.15, 0.2) is 0 Å². The summed E-state index contributed by atoms with van der Waals surface area (Å²) in [4.78, 5) is 0. The molecule has 0 saturated carbocycles. The third kappa shape index (κ3) is 71.5. The number of ether oxygens (including phenoxy) is 12. The fourth-order valence-electron chi connectivity index (χ4n) is 4.45. The van der Waals surface area contributed by atoms with Crippen LogP contribution < -0.4 is 0 Å². The van der Waals surface area contributed by atoms with Crippen molar-refractivity contribution >= 4 is 0 Å². The lowest BCUT2D eigenvalue weighted by Gasteiger charge is -2.35.